The van der Waals surface area contributed by atoms with Crippen LogP contribution in [0, 0.1) is 0 Å². The molecule has 1 aliphatic heterocycles. The zero-order chi connectivity index (χ0) is 15.2. The van der Waals surface area contributed by atoms with E-state index in [2.05, 4.69) is 29.2 Å². The second-order valence-electron chi connectivity index (χ2n) is 6.75. The summed E-state index contributed by atoms with van der Waals surface area (Å²) in [7, 11) is 0. The fourth-order valence-electron chi connectivity index (χ4n) is 3.40. The Hall–Kier alpha value is -1.81. The van der Waals surface area contributed by atoms with E-state index in [0.717, 1.165) is 31.2 Å². The summed E-state index contributed by atoms with van der Waals surface area (Å²) in [6.07, 6.45) is 6.01. The number of amides is 1. The average molecular weight is 298 g/mol. The zero-order valence-electron chi connectivity index (χ0n) is 13.0. The molecule has 2 aliphatic rings. The lowest BCUT2D eigenvalue weighted by atomic mass is 10.0. The maximum Gasteiger partial charge on any atom is 0.255 e. The molecule has 0 bridgehead atoms. The molecule has 2 heterocycles. The standard InChI is InChI=1S/C18H22N2O2/c1-18(8-2-10-22-18)17(21)20(15-4-5-15)12-13-3-6-16-14(11-13)7-9-19-16/h3,6-7,9,11,15,19H,2,4-5,8,10,12H2,1H3/t18-/m0/s1. The van der Waals surface area contributed by atoms with Crippen molar-refractivity contribution in [1.29, 1.82) is 0 Å². The molecular formula is C18H22N2O2. The predicted octanol–water partition coefficient (Wildman–Crippen LogP) is 3.23. The van der Waals surface area contributed by atoms with Gasteiger partial charge in [0.1, 0.15) is 5.60 Å². The number of carbonyl (C=O) groups is 1. The Morgan fingerprint density at radius 2 is 2.27 bits per heavy atom. The summed E-state index contributed by atoms with van der Waals surface area (Å²) in [5, 5.41) is 1.20. The topological polar surface area (TPSA) is 45.3 Å². The van der Waals surface area contributed by atoms with Gasteiger partial charge in [-0.2, -0.15) is 0 Å². The lowest BCUT2D eigenvalue weighted by Crippen LogP contribution is -2.47. The number of nitrogens with zero attached hydrogens (tertiary/aromatic N) is 1. The van der Waals surface area contributed by atoms with Crippen LogP contribution >= 0.6 is 0 Å². The molecule has 2 aromatic rings. The summed E-state index contributed by atoms with van der Waals surface area (Å²) in [4.78, 5) is 18.2. The molecule has 1 aromatic carbocycles. The van der Waals surface area contributed by atoms with Crippen LogP contribution in [-0.2, 0) is 16.1 Å². The number of benzene rings is 1. The van der Waals surface area contributed by atoms with Crippen LogP contribution in [0.25, 0.3) is 10.9 Å². The van der Waals surface area contributed by atoms with Crippen molar-refractivity contribution >= 4 is 16.8 Å². The van der Waals surface area contributed by atoms with E-state index >= 15 is 0 Å². The van der Waals surface area contributed by atoms with Gasteiger partial charge in [-0.05, 0) is 61.8 Å². The Morgan fingerprint density at radius 1 is 1.41 bits per heavy atom. The predicted molar refractivity (Wildman–Crippen MR) is 85.5 cm³/mol. The van der Waals surface area contributed by atoms with E-state index in [4.69, 9.17) is 4.74 Å². The molecule has 1 saturated carbocycles. The number of fused-ring (bicyclic) bond motifs is 1. The molecule has 0 spiro atoms. The lowest BCUT2D eigenvalue weighted by Gasteiger charge is -2.31. The van der Waals surface area contributed by atoms with E-state index in [9.17, 15) is 4.79 Å². The van der Waals surface area contributed by atoms with Crippen LogP contribution in [0.15, 0.2) is 30.5 Å². The van der Waals surface area contributed by atoms with Crippen molar-refractivity contribution < 1.29 is 9.53 Å². The monoisotopic (exact) mass is 298 g/mol. The van der Waals surface area contributed by atoms with Gasteiger partial charge < -0.3 is 14.6 Å². The maximum atomic E-state index is 13.0. The highest BCUT2D eigenvalue weighted by Gasteiger charge is 2.44. The van der Waals surface area contributed by atoms with Crippen LogP contribution in [-0.4, -0.2) is 34.0 Å². The van der Waals surface area contributed by atoms with Crippen molar-refractivity contribution in [1.82, 2.24) is 9.88 Å². The Kier molecular flexibility index (Phi) is 3.22. The van der Waals surface area contributed by atoms with Gasteiger partial charge >= 0.3 is 0 Å². The third-order valence-electron chi connectivity index (χ3n) is 4.89. The van der Waals surface area contributed by atoms with E-state index in [1.54, 1.807) is 0 Å². The van der Waals surface area contributed by atoms with Crippen molar-refractivity contribution in [3.05, 3.63) is 36.0 Å². The highest BCUT2D eigenvalue weighted by molar-refractivity contribution is 5.86. The van der Waals surface area contributed by atoms with E-state index in [1.807, 2.05) is 18.0 Å². The first-order valence-electron chi connectivity index (χ1n) is 8.17. The highest BCUT2D eigenvalue weighted by Crippen LogP contribution is 2.35. The second kappa shape index (κ2) is 5.13. The maximum absolute atomic E-state index is 13.0. The third-order valence-corrected chi connectivity index (χ3v) is 4.89. The van der Waals surface area contributed by atoms with E-state index in [-0.39, 0.29) is 5.91 Å². The average Bonchev–Trinajstić information content (AvgIpc) is 3.08. The first kappa shape index (κ1) is 13.8. The number of rotatable bonds is 4. The molecule has 1 saturated heterocycles. The van der Waals surface area contributed by atoms with Gasteiger partial charge in [-0.1, -0.05) is 6.07 Å². The van der Waals surface area contributed by atoms with E-state index in [0.29, 0.717) is 19.2 Å². The normalized spacial score (nSPS) is 24.8. The van der Waals surface area contributed by atoms with Gasteiger partial charge in [-0.25, -0.2) is 0 Å². The number of carbonyl (C=O) groups excluding carboxylic acids is 1. The van der Waals surface area contributed by atoms with Crippen LogP contribution < -0.4 is 0 Å². The number of aromatic amines is 1. The molecule has 1 amide bonds. The zero-order valence-corrected chi connectivity index (χ0v) is 13.0. The Bertz CT molecular complexity index is 696. The van der Waals surface area contributed by atoms with Crippen LogP contribution in [0.2, 0.25) is 0 Å². The Morgan fingerprint density at radius 3 is 3.00 bits per heavy atom. The summed E-state index contributed by atoms with van der Waals surface area (Å²) < 4.78 is 5.76. The minimum atomic E-state index is -0.610. The minimum Gasteiger partial charge on any atom is -0.365 e. The second-order valence-corrected chi connectivity index (χ2v) is 6.75. The van der Waals surface area contributed by atoms with Crippen LogP contribution in [0.4, 0.5) is 0 Å². The molecule has 1 aliphatic carbocycles. The third kappa shape index (κ3) is 2.41. The number of nitrogens with one attached hydrogen (secondary N) is 1. The number of ether oxygens (including phenoxy) is 1. The van der Waals surface area contributed by atoms with Gasteiger partial charge in [0.2, 0.25) is 0 Å². The summed E-state index contributed by atoms with van der Waals surface area (Å²) >= 11 is 0. The molecule has 4 rings (SSSR count). The van der Waals surface area contributed by atoms with Crippen LogP contribution in [0.3, 0.4) is 0 Å². The quantitative estimate of drug-likeness (QED) is 0.942. The van der Waals surface area contributed by atoms with Crippen molar-refractivity contribution in [2.24, 2.45) is 0 Å². The van der Waals surface area contributed by atoms with E-state index in [1.165, 1.54) is 10.9 Å². The molecular weight excluding hydrogens is 276 g/mol. The number of hydrogen-bond donors (Lipinski definition) is 1. The van der Waals surface area contributed by atoms with Crippen molar-refractivity contribution in [3.63, 3.8) is 0 Å². The van der Waals surface area contributed by atoms with Crippen molar-refractivity contribution in [2.75, 3.05) is 6.61 Å². The molecule has 116 valence electrons. The lowest BCUT2D eigenvalue weighted by molar-refractivity contribution is -0.152. The molecule has 22 heavy (non-hydrogen) atoms. The molecule has 1 atom stereocenters. The summed E-state index contributed by atoms with van der Waals surface area (Å²) in [5.74, 6) is 0.168. The molecule has 4 heteroatoms. The largest absolute Gasteiger partial charge is 0.365 e. The summed E-state index contributed by atoms with van der Waals surface area (Å²) in [5.41, 5.74) is 1.72. The SMILES string of the molecule is C[C@@]1(C(=O)N(Cc2ccc3[nH]ccc3c2)C2CC2)CCCO1. The Labute approximate surface area is 130 Å². The smallest absolute Gasteiger partial charge is 0.255 e. The van der Waals surface area contributed by atoms with Gasteiger partial charge in [-0.15, -0.1) is 0 Å². The van der Waals surface area contributed by atoms with Crippen LogP contribution in [0.1, 0.15) is 38.2 Å². The van der Waals surface area contributed by atoms with Gasteiger partial charge in [-0.3, -0.25) is 4.79 Å². The Balaban J connectivity index is 1.58. The van der Waals surface area contributed by atoms with Gasteiger partial charge in [0.05, 0.1) is 0 Å². The summed E-state index contributed by atoms with van der Waals surface area (Å²) in [6.45, 7) is 3.34. The summed E-state index contributed by atoms with van der Waals surface area (Å²) in [6, 6.07) is 8.85. The first-order valence-corrected chi connectivity index (χ1v) is 8.17. The molecule has 4 nitrogen and oxygen atoms in total. The molecule has 1 aromatic heterocycles. The molecule has 2 fully saturated rings. The fourth-order valence-corrected chi connectivity index (χ4v) is 3.40. The van der Waals surface area contributed by atoms with E-state index < -0.39 is 5.60 Å². The minimum absolute atomic E-state index is 0.168. The first-order chi connectivity index (χ1) is 10.7. The molecule has 1 N–H and O–H groups in total. The highest BCUT2D eigenvalue weighted by atomic mass is 16.5. The van der Waals surface area contributed by atoms with Gasteiger partial charge in [0.25, 0.3) is 5.91 Å². The van der Waals surface area contributed by atoms with Gasteiger partial charge in [0.15, 0.2) is 0 Å². The number of H-pyrrole nitrogens is 1. The fraction of sp³-hybridized carbons (Fsp3) is 0.500. The molecule has 0 unspecified atom stereocenters. The van der Waals surface area contributed by atoms with Crippen molar-refractivity contribution in [2.45, 2.75) is 50.8 Å². The number of aromatic nitrogens is 1. The number of hydrogen-bond acceptors (Lipinski definition) is 2. The molecule has 0 radical (unpaired) electrons. The van der Waals surface area contributed by atoms with Gasteiger partial charge in [0, 0.05) is 30.9 Å². The van der Waals surface area contributed by atoms with Crippen LogP contribution in [0.5, 0.6) is 0 Å². The van der Waals surface area contributed by atoms with Crippen molar-refractivity contribution in [3.8, 4) is 0 Å².